The van der Waals surface area contributed by atoms with E-state index in [0.717, 1.165) is 57.6 Å². The first-order valence-corrected chi connectivity index (χ1v) is 23.1. The predicted molar refractivity (Wildman–Crippen MR) is 263 cm³/mol. The van der Waals surface area contributed by atoms with Gasteiger partial charge in [0.2, 0.25) is 17.4 Å². The number of benzene rings is 8. The van der Waals surface area contributed by atoms with Gasteiger partial charge in [0.15, 0.2) is 52.2 Å². The Kier molecular flexibility index (Phi) is 13.2. The van der Waals surface area contributed by atoms with E-state index >= 15 is 17.6 Å². The second-order valence-corrected chi connectivity index (χ2v) is 18.6. The van der Waals surface area contributed by atoms with Crippen LogP contribution in [0.2, 0.25) is 0 Å². The Balaban J connectivity index is 0.945. The number of fused-ring (bicyclic) bond motifs is 3. The molecule has 1 aliphatic carbocycles. The van der Waals surface area contributed by atoms with Crippen molar-refractivity contribution in [3.05, 3.63) is 255 Å². The van der Waals surface area contributed by atoms with Crippen molar-refractivity contribution in [1.82, 2.24) is 0 Å². The van der Waals surface area contributed by atoms with E-state index in [1.165, 1.54) is 63.2 Å². The van der Waals surface area contributed by atoms with E-state index in [-0.39, 0.29) is 22.8 Å². The van der Waals surface area contributed by atoms with Gasteiger partial charge in [-0.2, -0.15) is 8.78 Å². The van der Waals surface area contributed by atoms with Gasteiger partial charge in [0.1, 0.15) is 34.1 Å². The average Bonchev–Trinajstić information content (AvgIpc) is 3.70. The van der Waals surface area contributed by atoms with Crippen LogP contribution in [0.25, 0.3) is 11.1 Å². The highest BCUT2D eigenvalue weighted by molar-refractivity contribution is 6.10. The number of carbonyl (C=O) groups is 2. The van der Waals surface area contributed by atoms with Gasteiger partial charge < -0.3 is 14.2 Å². The highest BCUT2D eigenvalue weighted by Gasteiger charge is 2.46. The summed E-state index contributed by atoms with van der Waals surface area (Å²) in [6.07, 6.45) is 2.01. The topological polar surface area (TPSA) is 87.8 Å². The molecule has 0 aliphatic heterocycles. The van der Waals surface area contributed by atoms with Crippen LogP contribution in [0.15, 0.2) is 158 Å². The van der Waals surface area contributed by atoms with Gasteiger partial charge in [-0.3, -0.25) is 15.3 Å². The fraction of sp³-hybridized carbons (Fsp3) is 0.133. The molecule has 0 heterocycles. The Morgan fingerprint density at radius 3 is 1.27 bits per heavy atom. The average molecular weight is 1010 g/mol. The van der Waals surface area contributed by atoms with Gasteiger partial charge in [-0.15, -0.1) is 0 Å². The summed E-state index contributed by atoms with van der Waals surface area (Å²) in [5, 5.41) is 0. The van der Waals surface area contributed by atoms with Crippen molar-refractivity contribution in [2.24, 2.45) is 5.73 Å². The second kappa shape index (κ2) is 19.2. The van der Waals surface area contributed by atoms with Crippen molar-refractivity contribution in [1.29, 1.82) is 0 Å². The normalized spacial score (nSPS) is 13.4. The number of rotatable bonds is 14. The monoisotopic (exact) mass is 1010 g/mol. The van der Waals surface area contributed by atoms with E-state index in [9.17, 15) is 27.2 Å². The van der Waals surface area contributed by atoms with E-state index in [4.69, 9.17) is 19.9 Å². The second-order valence-electron chi connectivity index (χ2n) is 18.6. The molecule has 374 valence electrons. The summed E-state index contributed by atoms with van der Waals surface area (Å²) in [6, 6.07) is 38.6. The number of halogens is 8. The van der Waals surface area contributed by atoms with Crippen LogP contribution >= 0.6 is 0 Å². The molecule has 0 amide bonds. The van der Waals surface area contributed by atoms with E-state index < -0.39 is 103 Å². The standard InChI is InChI=1S/C60H43F8NO5/c1-6-59(69,7-2)74-39-30-22-35(23-31-39)60(42-14-10-8-12-40(42)41-13-9-11-15-43(41)60)34-20-28-38(29-21-34)73-57-53(67)49(63)45(50(64)54(57)68)56(71)33-18-26-37(27-19-33)72-36-24-16-32(17-25-36)55(70)44-47(61)51(65)46(58(3,4)5)52(66)48(44)62/h6,8-31H,1,7,69H2,2-5H3. The molecule has 9 rings (SSSR count). The molecular formula is C60H43F8NO5. The summed E-state index contributed by atoms with van der Waals surface area (Å²) in [4.78, 5) is 26.5. The maximum absolute atomic E-state index is 15.8. The van der Waals surface area contributed by atoms with Crippen LogP contribution in [0.1, 0.15) is 93.8 Å². The lowest BCUT2D eigenvalue weighted by Crippen LogP contribution is -2.42. The van der Waals surface area contributed by atoms with Crippen LogP contribution in [0.4, 0.5) is 35.1 Å². The number of hydrogen-bond acceptors (Lipinski definition) is 6. The molecule has 1 unspecified atom stereocenters. The molecule has 8 aromatic rings. The van der Waals surface area contributed by atoms with E-state index in [1.54, 1.807) is 12.1 Å². The molecule has 14 heteroatoms. The molecule has 6 nitrogen and oxygen atoms in total. The van der Waals surface area contributed by atoms with Crippen molar-refractivity contribution >= 4 is 11.6 Å². The van der Waals surface area contributed by atoms with Gasteiger partial charge in [0.05, 0.1) is 5.41 Å². The Bertz CT molecular complexity index is 3430. The number of nitrogens with two attached hydrogens (primary N) is 1. The molecule has 74 heavy (non-hydrogen) atoms. The molecular weight excluding hydrogens is 967 g/mol. The molecule has 1 aliphatic rings. The third-order valence-electron chi connectivity index (χ3n) is 13.1. The third-order valence-corrected chi connectivity index (χ3v) is 13.1. The first-order chi connectivity index (χ1) is 35.2. The first kappa shape index (κ1) is 50.6. The minimum absolute atomic E-state index is 0.0295. The zero-order valence-electron chi connectivity index (χ0n) is 40.0. The van der Waals surface area contributed by atoms with Crippen LogP contribution < -0.4 is 19.9 Å². The van der Waals surface area contributed by atoms with Crippen LogP contribution in [0.5, 0.6) is 28.7 Å². The summed E-state index contributed by atoms with van der Waals surface area (Å²) >= 11 is 0. The number of hydrogen-bond donors (Lipinski definition) is 1. The van der Waals surface area contributed by atoms with Gasteiger partial charge in [-0.05, 0) is 118 Å². The highest BCUT2D eigenvalue weighted by Crippen LogP contribution is 2.56. The van der Waals surface area contributed by atoms with Crippen molar-refractivity contribution in [3.8, 4) is 39.9 Å². The SMILES string of the molecule is C=CC(N)(CC)Oc1ccc(C2(c3ccc(Oc4c(F)c(F)c(C(=O)c5ccc(Oc6ccc(C(=O)c7c(F)c(F)c(C(C)(C)C)c(F)c7F)cc6)cc5)c(F)c4F)cc3)c3ccccc3-c3ccccc32)cc1. The molecule has 0 spiro atoms. The van der Waals surface area contributed by atoms with Crippen molar-refractivity contribution in [2.45, 2.75) is 50.7 Å². The molecule has 2 N–H and O–H groups in total. The minimum atomic E-state index is -2.00. The molecule has 1 atom stereocenters. The van der Waals surface area contributed by atoms with Gasteiger partial charge in [0, 0.05) is 23.1 Å². The lowest BCUT2D eigenvalue weighted by Gasteiger charge is -2.34. The maximum Gasteiger partial charge on any atom is 0.205 e. The Hall–Kier alpha value is -8.36. The largest absolute Gasteiger partial charge is 0.469 e. The smallest absolute Gasteiger partial charge is 0.205 e. The van der Waals surface area contributed by atoms with Gasteiger partial charge in [0.25, 0.3) is 0 Å². The van der Waals surface area contributed by atoms with Gasteiger partial charge >= 0.3 is 0 Å². The highest BCUT2D eigenvalue weighted by atomic mass is 19.2. The summed E-state index contributed by atoms with van der Waals surface area (Å²) < 4.78 is 140. The van der Waals surface area contributed by atoms with Crippen LogP contribution in [0, 0.1) is 46.5 Å². The Morgan fingerprint density at radius 2 is 0.878 bits per heavy atom. The van der Waals surface area contributed by atoms with E-state index in [1.807, 2.05) is 79.7 Å². The summed E-state index contributed by atoms with van der Waals surface area (Å²) in [6.45, 7) is 9.73. The zero-order valence-corrected chi connectivity index (χ0v) is 40.0. The lowest BCUT2D eigenvalue weighted by atomic mass is 9.68. The fourth-order valence-corrected chi connectivity index (χ4v) is 9.33. The first-order valence-electron chi connectivity index (χ1n) is 23.1. The van der Waals surface area contributed by atoms with E-state index in [2.05, 4.69) is 6.58 Å². The fourth-order valence-electron chi connectivity index (χ4n) is 9.33. The Morgan fingerprint density at radius 1 is 0.514 bits per heavy atom. The van der Waals surface area contributed by atoms with Crippen LogP contribution in [-0.2, 0) is 10.8 Å². The van der Waals surface area contributed by atoms with Crippen LogP contribution in [0.3, 0.4) is 0 Å². The number of ketones is 2. The quantitative estimate of drug-likeness (QED) is 0.0384. The Labute approximate surface area is 420 Å². The zero-order chi connectivity index (χ0) is 53.0. The van der Waals surface area contributed by atoms with Gasteiger partial charge in [-0.1, -0.05) is 107 Å². The lowest BCUT2D eigenvalue weighted by molar-refractivity contribution is 0.102. The summed E-state index contributed by atoms with van der Waals surface area (Å²) in [5.74, 6) is -18.8. The maximum atomic E-state index is 15.8. The van der Waals surface area contributed by atoms with Crippen molar-refractivity contribution in [3.63, 3.8) is 0 Å². The molecule has 0 saturated carbocycles. The van der Waals surface area contributed by atoms with Crippen LogP contribution in [-0.4, -0.2) is 17.3 Å². The summed E-state index contributed by atoms with van der Waals surface area (Å²) in [5.41, 5.74) is 3.90. The molecule has 0 bridgehead atoms. The minimum Gasteiger partial charge on any atom is -0.469 e. The molecule has 0 radical (unpaired) electrons. The number of carbonyl (C=O) groups excluding carboxylic acids is 2. The van der Waals surface area contributed by atoms with Gasteiger partial charge in [-0.25, -0.2) is 26.3 Å². The number of ether oxygens (including phenoxy) is 3. The predicted octanol–water partition coefficient (Wildman–Crippen LogP) is 15.1. The third kappa shape index (κ3) is 8.58. The van der Waals surface area contributed by atoms with Crippen molar-refractivity contribution in [2.75, 3.05) is 0 Å². The molecule has 0 aromatic heterocycles. The molecule has 0 saturated heterocycles. The van der Waals surface area contributed by atoms with E-state index in [0.29, 0.717) is 12.2 Å². The summed E-state index contributed by atoms with van der Waals surface area (Å²) in [7, 11) is 0. The molecule has 0 fully saturated rings. The molecule has 8 aromatic carbocycles. The van der Waals surface area contributed by atoms with Crippen molar-refractivity contribution < 1.29 is 58.9 Å².